The molecule has 0 aromatic carbocycles. The highest BCUT2D eigenvalue weighted by molar-refractivity contribution is 5.68. The topological polar surface area (TPSA) is 75.1 Å². The first-order valence-electron chi connectivity index (χ1n) is 3.47. The third-order valence-electron chi connectivity index (χ3n) is 1.18. The third kappa shape index (κ3) is 3.07. The van der Waals surface area contributed by atoms with E-state index in [-0.39, 0.29) is 6.54 Å². The van der Waals surface area contributed by atoms with E-state index in [1.807, 2.05) is 0 Å². The predicted molar refractivity (Wildman–Crippen MR) is 41.4 cm³/mol. The van der Waals surface area contributed by atoms with Gasteiger partial charge in [-0.3, -0.25) is 10.1 Å². The fourth-order valence-corrected chi connectivity index (χ4v) is 0.702. The number of hydrogen-bond acceptors (Lipinski definition) is 4. The molecule has 5 heteroatoms. The first kappa shape index (κ1) is 8.61. The van der Waals surface area contributed by atoms with Crippen LogP contribution in [0.3, 0.4) is 0 Å². The van der Waals surface area contributed by atoms with Gasteiger partial charge in [0.25, 0.3) is 0 Å². The van der Waals surface area contributed by atoms with Crippen molar-refractivity contribution in [1.82, 2.24) is 15.3 Å². The second-order valence-corrected chi connectivity index (χ2v) is 2.16. The molecule has 64 valence electrons. The number of hydrogen-bond donors (Lipinski definition) is 2. The van der Waals surface area contributed by atoms with E-state index in [0.29, 0.717) is 12.4 Å². The van der Waals surface area contributed by atoms with Crippen LogP contribution in [0.5, 0.6) is 0 Å². The monoisotopic (exact) mass is 167 g/mol. The minimum Gasteiger partial charge on any atom is -0.480 e. The van der Waals surface area contributed by atoms with E-state index in [4.69, 9.17) is 5.11 Å². The third-order valence-corrected chi connectivity index (χ3v) is 1.18. The Kier molecular flexibility index (Phi) is 3.16. The fraction of sp³-hybridized carbons (Fsp3) is 0.286. The Morgan fingerprint density at radius 1 is 1.50 bits per heavy atom. The molecule has 1 heterocycles. The lowest BCUT2D eigenvalue weighted by molar-refractivity contribution is -0.136. The largest absolute Gasteiger partial charge is 0.480 e. The molecule has 0 unspecified atom stereocenters. The number of carboxylic acid groups (broad SMARTS) is 1. The van der Waals surface area contributed by atoms with Crippen molar-refractivity contribution in [2.24, 2.45) is 0 Å². The van der Waals surface area contributed by atoms with Crippen molar-refractivity contribution in [2.75, 3.05) is 6.54 Å². The van der Waals surface area contributed by atoms with Crippen LogP contribution in [0.1, 0.15) is 5.82 Å². The number of aliphatic carboxylic acids is 1. The summed E-state index contributed by atoms with van der Waals surface area (Å²) in [6.45, 7) is 0.311. The van der Waals surface area contributed by atoms with Gasteiger partial charge in [-0.2, -0.15) is 0 Å². The molecule has 0 radical (unpaired) electrons. The van der Waals surface area contributed by atoms with Gasteiger partial charge < -0.3 is 5.11 Å². The quantitative estimate of drug-likeness (QED) is 0.641. The zero-order chi connectivity index (χ0) is 8.81. The molecule has 1 aromatic rings. The molecule has 1 aromatic heterocycles. The zero-order valence-electron chi connectivity index (χ0n) is 6.40. The summed E-state index contributed by atoms with van der Waals surface area (Å²) < 4.78 is 0. The molecule has 0 aliphatic carbocycles. The summed E-state index contributed by atoms with van der Waals surface area (Å²) in [6.07, 6.45) is 3.23. The maximum atomic E-state index is 10.1. The molecule has 0 spiro atoms. The van der Waals surface area contributed by atoms with Crippen LogP contribution in [0.2, 0.25) is 0 Å². The maximum absolute atomic E-state index is 10.1. The Labute approximate surface area is 69.5 Å². The fourth-order valence-electron chi connectivity index (χ4n) is 0.702. The second kappa shape index (κ2) is 4.40. The van der Waals surface area contributed by atoms with Gasteiger partial charge in [-0.1, -0.05) is 0 Å². The zero-order valence-corrected chi connectivity index (χ0v) is 6.40. The average molecular weight is 167 g/mol. The van der Waals surface area contributed by atoms with Gasteiger partial charge in [-0.05, 0) is 6.07 Å². The summed E-state index contributed by atoms with van der Waals surface area (Å²) in [4.78, 5) is 17.9. The van der Waals surface area contributed by atoms with Crippen LogP contribution in [-0.4, -0.2) is 27.6 Å². The Morgan fingerprint density at radius 2 is 2.17 bits per heavy atom. The number of nitrogens with one attached hydrogen (secondary N) is 1. The summed E-state index contributed by atoms with van der Waals surface area (Å²) in [5.41, 5.74) is 0. The summed E-state index contributed by atoms with van der Waals surface area (Å²) in [6, 6.07) is 1.71. The van der Waals surface area contributed by atoms with Gasteiger partial charge in [0.1, 0.15) is 5.82 Å². The van der Waals surface area contributed by atoms with Gasteiger partial charge in [-0.15, -0.1) is 0 Å². The van der Waals surface area contributed by atoms with Crippen LogP contribution >= 0.6 is 0 Å². The number of carboxylic acids is 1. The van der Waals surface area contributed by atoms with Crippen molar-refractivity contribution in [3.63, 3.8) is 0 Å². The summed E-state index contributed by atoms with van der Waals surface area (Å²) >= 11 is 0. The molecule has 0 aliphatic rings. The second-order valence-electron chi connectivity index (χ2n) is 2.16. The van der Waals surface area contributed by atoms with Gasteiger partial charge in [0, 0.05) is 12.4 Å². The van der Waals surface area contributed by atoms with E-state index >= 15 is 0 Å². The van der Waals surface area contributed by atoms with E-state index in [2.05, 4.69) is 15.3 Å². The van der Waals surface area contributed by atoms with Crippen LogP contribution in [0.15, 0.2) is 18.5 Å². The number of nitrogens with zero attached hydrogens (tertiary/aromatic N) is 2. The van der Waals surface area contributed by atoms with Crippen LogP contribution in [0, 0.1) is 0 Å². The molecule has 0 bridgehead atoms. The van der Waals surface area contributed by atoms with Gasteiger partial charge in [0.15, 0.2) is 0 Å². The predicted octanol–water partition coefficient (Wildman–Crippen LogP) is -0.349. The van der Waals surface area contributed by atoms with Gasteiger partial charge in [0.2, 0.25) is 0 Å². The Hall–Kier alpha value is -1.49. The summed E-state index contributed by atoms with van der Waals surface area (Å²) in [5, 5.41) is 11.0. The first-order valence-corrected chi connectivity index (χ1v) is 3.47. The lowest BCUT2D eigenvalue weighted by atomic mass is 10.5. The molecule has 5 nitrogen and oxygen atoms in total. The smallest absolute Gasteiger partial charge is 0.317 e. The molecule has 2 N–H and O–H groups in total. The molecular formula is C7H9N3O2. The SMILES string of the molecule is O=C(O)CNCc1ncccn1. The van der Waals surface area contributed by atoms with Crippen LogP contribution < -0.4 is 5.32 Å². The van der Waals surface area contributed by atoms with Gasteiger partial charge in [-0.25, -0.2) is 9.97 Å². The van der Waals surface area contributed by atoms with Crippen LogP contribution in [0.25, 0.3) is 0 Å². The molecule has 0 saturated carbocycles. The van der Waals surface area contributed by atoms with Crippen molar-refractivity contribution < 1.29 is 9.90 Å². The molecule has 0 aliphatic heterocycles. The number of rotatable bonds is 4. The maximum Gasteiger partial charge on any atom is 0.317 e. The number of aromatic nitrogens is 2. The van der Waals surface area contributed by atoms with Crippen LogP contribution in [-0.2, 0) is 11.3 Å². The molecular weight excluding hydrogens is 158 g/mol. The van der Waals surface area contributed by atoms with E-state index in [1.54, 1.807) is 18.5 Å². The molecule has 0 amide bonds. The van der Waals surface area contributed by atoms with Crippen molar-refractivity contribution >= 4 is 5.97 Å². The first-order chi connectivity index (χ1) is 5.79. The summed E-state index contributed by atoms with van der Waals surface area (Å²) in [5.74, 6) is -0.287. The van der Waals surface area contributed by atoms with Crippen molar-refractivity contribution in [3.05, 3.63) is 24.3 Å². The Bertz CT molecular complexity index is 250. The normalized spacial score (nSPS) is 9.67. The number of carbonyl (C=O) groups is 1. The lowest BCUT2D eigenvalue weighted by Crippen LogP contribution is -2.22. The minimum atomic E-state index is -0.883. The van der Waals surface area contributed by atoms with E-state index in [0.717, 1.165) is 0 Å². The van der Waals surface area contributed by atoms with E-state index in [9.17, 15) is 4.79 Å². The van der Waals surface area contributed by atoms with Crippen molar-refractivity contribution in [3.8, 4) is 0 Å². The molecule has 0 fully saturated rings. The van der Waals surface area contributed by atoms with Crippen LogP contribution in [0.4, 0.5) is 0 Å². The van der Waals surface area contributed by atoms with E-state index < -0.39 is 5.97 Å². The average Bonchev–Trinajstić information content (AvgIpc) is 2.05. The molecule has 0 saturated heterocycles. The highest BCUT2D eigenvalue weighted by Gasteiger charge is 1.96. The van der Waals surface area contributed by atoms with Gasteiger partial charge >= 0.3 is 5.97 Å². The summed E-state index contributed by atoms with van der Waals surface area (Å²) in [7, 11) is 0. The minimum absolute atomic E-state index is 0.0712. The Morgan fingerprint density at radius 3 is 2.75 bits per heavy atom. The highest BCUT2D eigenvalue weighted by atomic mass is 16.4. The van der Waals surface area contributed by atoms with Crippen molar-refractivity contribution in [1.29, 1.82) is 0 Å². The van der Waals surface area contributed by atoms with Gasteiger partial charge in [0.05, 0.1) is 13.1 Å². The standard InChI is InChI=1S/C7H9N3O2/c11-7(12)5-8-4-6-9-2-1-3-10-6/h1-3,8H,4-5H2,(H,11,12). The molecule has 1 rings (SSSR count). The molecule has 0 atom stereocenters. The van der Waals surface area contributed by atoms with Crippen molar-refractivity contribution in [2.45, 2.75) is 6.54 Å². The Balaban J connectivity index is 2.29. The lowest BCUT2D eigenvalue weighted by Gasteiger charge is -1.98. The highest BCUT2D eigenvalue weighted by Crippen LogP contribution is 1.84. The molecule has 12 heavy (non-hydrogen) atoms. The van der Waals surface area contributed by atoms with E-state index in [1.165, 1.54) is 0 Å².